The molecular formula is C13H16IN3O5S. The van der Waals surface area contributed by atoms with E-state index in [9.17, 15) is 23.1 Å². The van der Waals surface area contributed by atoms with Gasteiger partial charge in [0.1, 0.15) is 6.04 Å². The summed E-state index contributed by atoms with van der Waals surface area (Å²) in [5.41, 5.74) is 5.28. The average Bonchev–Trinajstić information content (AvgIpc) is 2.53. The maximum Gasteiger partial charge on any atom is 0.323 e. The van der Waals surface area contributed by atoms with E-state index < -0.39 is 27.9 Å². The number of benzene rings is 1. The SMILES string of the molecule is NCC(=O)N1CCN(S(=O)(=O)c2ccc(I)cc2)[C@@H](C(=O)O)C1. The first-order chi connectivity index (χ1) is 10.8. The summed E-state index contributed by atoms with van der Waals surface area (Å²) in [5, 5.41) is 9.36. The van der Waals surface area contributed by atoms with Crippen molar-refractivity contribution in [2.45, 2.75) is 10.9 Å². The van der Waals surface area contributed by atoms with Gasteiger partial charge in [-0.05, 0) is 46.9 Å². The lowest BCUT2D eigenvalue weighted by Gasteiger charge is -2.38. The van der Waals surface area contributed by atoms with Crippen molar-refractivity contribution < 1.29 is 23.1 Å². The molecule has 8 nitrogen and oxygen atoms in total. The summed E-state index contributed by atoms with van der Waals surface area (Å²) in [6.07, 6.45) is 0. The van der Waals surface area contributed by atoms with Crippen LogP contribution in [0.2, 0.25) is 0 Å². The molecule has 0 saturated carbocycles. The second kappa shape index (κ2) is 7.11. The lowest BCUT2D eigenvalue weighted by Crippen LogP contribution is -2.59. The first-order valence-electron chi connectivity index (χ1n) is 6.75. The van der Waals surface area contributed by atoms with E-state index in [0.717, 1.165) is 7.88 Å². The highest BCUT2D eigenvalue weighted by Crippen LogP contribution is 2.22. The predicted molar refractivity (Wildman–Crippen MR) is 90.1 cm³/mol. The van der Waals surface area contributed by atoms with Crippen LogP contribution in [0.5, 0.6) is 0 Å². The van der Waals surface area contributed by atoms with Crippen molar-refractivity contribution in [2.75, 3.05) is 26.2 Å². The van der Waals surface area contributed by atoms with E-state index in [1.165, 1.54) is 17.0 Å². The van der Waals surface area contributed by atoms with Crippen LogP contribution in [-0.4, -0.2) is 66.8 Å². The molecule has 0 aromatic heterocycles. The summed E-state index contributed by atoms with van der Waals surface area (Å²) in [7, 11) is -3.95. The lowest BCUT2D eigenvalue weighted by atomic mass is 10.2. The largest absolute Gasteiger partial charge is 0.480 e. The molecule has 0 aliphatic carbocycles. The molecule has 2 rings (SSSR count). The highest BCUT2D eigenvalue weighted by molar-refractivity contribution is 14.1. The quantitative estimate of drug-likeness (QED) is 0.596. The Bertz CT molecular complexity index is 707. The molecule has 1 aliphatic rings. The van der Waals surface area contributed by atoms with Crippen LogP contribution < -0.4 is 5.73 Å². The van der Waals surface area contributed by atoms with E-state index >= 15 is 0 Å². The van der Waals surface area contributed by atoms with Crippen LogP contribution in [0.4, 0.5) is 0 Å². The molecule has 0 unspecified atom stereocenters. The zero-order valence-electron chi connectivity index (χ0n) is 12.1. The van der Waals surface area contributed by atoms with Gasteiger partial charge in [0.15, 0.2) is 0 Å². The second-order valence-corrected chi connectivity index (χ2v) is 8.10. The normalized spacial score (nSPS) is 19.6. The molecule has 10 heteroatoms. The Hall–Kier alpha value is -1.24. The lowest BCUT2D eigenvalue weighted by molar-refractivity contribution is -0.145. The van der Waals surface area contributed by atoms with E-state index in [-0.39, 0.29) is 31.1 Å². The van der Waals surface area contributed by atoms with Gasteiger partial charge in [-0.25, -0.2) is 8.42 Å². The fourth-order valence-electron chi connectivity index (χ4n) is 2.35. The second-order valence-electron chi connectivity index (χ2n) is 4.97. The van der Waals surface area contributed by atoms with Crippen molar-refractivity contribution in [1.29, 1.82) is 0 Å². The zero-order chi connectivity index (χ0) is 17.2. The standard InChI is InChI=1S/C13H16IN3O5S/c14-9-1-3-10(4-2-9)23(21,22)17-6-5-16(12(18)7-15)8-11(17)13(19)20/h1-4,11H,5-8,15H2,(H,19,20)/t11-/m1/s1. The molecule has 0 spiro atoms. The Balaban J connectivity index is 2.32. The number of piperazine rings is 1. The summed E-state index contributed by atoms with van der Waals surface area (Å²) in [5.74, 6) is -1.70. The van der Waals surface area contributed by atoms with Crippen molar-refractivity contribution in [3.8, 4) is 0 Å². The number of halogens is 1. The van der Waals surface area contributed by atoms with Crippen molar-refractivity contribution in [1.82, 2.24) is 9.21 Å². The Morgan fingerprint density at radius 1 is 1.26 bits per heavy atom. The van der Waals surface area contributed by atoms with Gasteiger partial charge in [0, 0.05) is 23.2 Å². The molecular weight excluding hydrogens is 437 g/mol. The average molecular weight is 453 g/mol. The molecule has 0 radical (unpaired) electrons. The minimum Gasteiger partial charge on any atom is -0.480 e. The number of carboxylic acids is 1. The number of hydrogen-bond acceptors (Lipinski definition) is 5. The third-order valence-corrected chi connectivity index (χ3v) is 6.21. The maximum absolute atomic E-state index is 12.7. The topological polar surface area (TPSA) is 121 Å². The van der Waals surface area contributed by atoms with Gasteiger partial charge < -0.3 is 15.7 Å². The highest BCUT2D eigenvalue weighted by atomic mass is 127. The minimum atomic E-state index is -3.95. The smallest absolute Gasteiger partial charge is 0.323 e. The molecule has 1 saturated heterocycles. The molecule has 1 heterocycles. The summed E-state index contributed by atoms with van der Waals surface area (Å²) in [4.78, 5) is 24.4. The Labute approximate surface area is 147 Å². The molecule has 1 aromatic carbocycles. The number of hydrogen-bond donors (Lipinski definition) is 2. The van der Waals surface area contributed by atoms with Crippen molar-refractivity contribution in [2.24, 2.45) is 5.73 Å². The molecule has 1 aliphatic heterocycles. The number of carbonyl (C=O) groups excluding carboxylic acids is 1. The number of carboxylic acid groups (broad SMARTS) is 1. The van der Waals surface area contributed by atoms with Gasteiger partial charge in [-0.2, -0.15) is 4.31 Å². The van der Waals surface area contributed by atoms with Crippen LogP contribution in [0.1, 0.15) is 0 Å². The van der Waals surface area contributed by atoms with Gasteiger partial charge in [0.05, 0.1) is 11.4 Å². The molecule has 1 fully saturated rings. The zero-order valence-corrected chi connectivity index (χ0v) is 15.0. The molecule has 23 heavy (non-hydrogen) atoms. The van der Waals surface area contributed by atoms with E-state index in [1.807, 2.05) is 22.6 Å². The Kier molecular flexibility index (Phi) is 5.60. The third-order valence-electron chi connectivity index (χ3n) is 3.56. The van der Waals surface area contributed by atoms with Crippen LogP contribution in [0.15, 0.2) is 29.2 Å². The van der Waals surface area contributed by atoms with Gasteiger partial charge >= 0.3 is 5.97 Å². The van der Waals surface area contributed by atoms with Gasteiger partial charge in [-0.3, -0.25) is 9.59 Å². The summed E-state index contributed by atoms with van der Waals surface area (Å²) < 4.78 is 27.2. The fraction of sp³-hybridized carbons (Fsp3) is 0.385. The van der Waals surface area contributed by atoms with Crippen LogP contribution in [-0.2, 0) is 19.6 Å². The molecule has 1 aromatic rings. The molecule has 3 N–H and O–H groups in total. The molecule has 1 amide bonds. The minimum absolute atomic E-state index is 0.0303. The van der Waals surface area contributed by atoms with E-state index in [0.29, 0.717) is 0 Å². The fourth-order valence-corrected chi connectivity index (χ4v) is 4.28. The maximum atomic E-state index is 12.7. The van der Waals surface area contributed by atoms with Gasteiger partial charge in [0.2, 0.25) is 15.9 Å². The van der Waals surface area contributed by atoms with Crippen LogP contribution in [0.25, 0.3) is 0 Å². The number of sulfonamides is 1. The number of amides is 1. The van der Waals surface area contributed by atoms with Gasteiger partial charge in [-0.15, -0.1) is 0 Å². The third kappa shape index (κ3) is 3.82. The van der Waals surface area contributed by atoms with Gasteiger partial charge in [-0.1, -0.05) is 0 Å². The van der Waals surface area contributed by atoms with E-state index in [4.69, 9.17) is 5.73 Å². The van der Waals surface area contributed by atoms with Crippen LogP contribution in [0, 0.1) is 3.57 Å². The monoisotopic (exact) mass is 453 g/mol. The van der Waals surface area contributed by atoms with E-state index in [2.05, 4.69) is 0 Å². The number of aliphatic carboxylic acids is 1. The Morgan fingerprint density at radius 2 is 1.87 bits per heavy atom. The van der Waals surface area contributed by atoms with Crippen molar-refractivity contribution >= 4 is 44.5 Å². The first-order valence-corrected chi connectivity index (χ1v) is 9.27. The number of rotatable bonds is 4. The van der Waals surface area contributed by atoms with Crippen molar-refractivity contribution in [3.63, 3.8) is 0 Å². The van der Waals surface area contributed by atoms with Crippen LogP contribution >= 0.6 is 22.6 Å². The highest BCUT2D eigenvalue weighted by Gasteiger charge is 2.41. The number of carbonyl (C=O) groups is 2. The number of nitrogens with zero attached hydrogens (tertiary/aromatic N) is 2. The summed E-state index contributed by atoms with van der Waals surface area (Å²) in [6.45, 7) is -0.425. The molecule has 1 atom stereocenters. The number of nitrogens with two attached hydrogens (primary N) is 1. The van der Waals surface area contributed by atoms with E-state index in [1.54, 1.807) is 12.1 Å². The van der Waals surface area contributed by atoms with Gasteiger partial charge in [0.25, 0.3) is 0 Å². The summed E-state index contributed by atoms with van der Waals surface area (Å²) >= 11 is 2.05. The molecule has 0 bridgehead atoms. The van der Waals surface area contributed by atoms with Crippen LogP contribution in [0.3, 0.4) is 0 Å². The first kappa shape index (κ1) is 18.1. The van der Waals surface area contributed by atoms with Crippen molar-refractivity contribution in [3.05, 3.63) is 27.8 Å². The predicted octanol–water partition coefficient (Wildman–Crippen LogP) is -0.464. The summed E-state index contributed by atoms with van der Waals surface area (Å²) in [6, 6.07) is 4.82. The Morgan fingerprint density at radius 3 is 2.39 bits per heavy atom. The molecule has 126 valence electrons.